The highest BCUT2D eigenvalue weighted by Crippen LogP contribution is 2.12. The van der Waals surface area contributed by atoms with E-state index < -0.39 is 7.12 Å². The highest BCUT2D eigenvalue weighted by molar-refractivity contribution is 6.59. The Morgan fingerprint density at radius 2 is 1.67 bits per heavy atom. The van der Waals surface area contributed by atoms with Gasteiger partial charge in [-0.1, -0.05) is 42.5 Å². The van der Waals surface area contributed by atoms with Crippen LogP contribution in [0.1, 0.15) is 11.1 Å². The molecule has 0 fully saturated rings. The van der Waals surface area contributed by atoms with Gasteiger partial charge in [0.05, 0.1) is 7.11 Å². The van der Waals surface area contributed by atoms with Gasteiger partial charge in [-0.2, -0.15) is 0 Å². The molecule has 0 saturated carbocycles. The molecule has 0 spiro atoms. The fraction of sp³-hybridized carbons (Fsp3) is 0.250. The smallest absolute Gasteiger partial charge is 0.492 e. The summed E-state index contributed by atoms with van der Waals surface area (Å²) in [6, 6.07) is 15.7. The number of hydrogen-bond donors (Lipinski definition) is 2. The van der Waals surface area contributed by atoms with Crippen molar-refractivity contribution in [2.45, 2.75) is 13.1 Å². The summed E-state index contributed by atoms with van der Waals surface area (Å²) in [5.41, 5.74) is 2.65. The lowest BCUT2D eigenvalue weighted by atomic mass is 9.78. The fourth-order valence-corrected chi connectivity index (χ4v) is 2.35. The summed E-state index contributed by atoms with van der Waals surface area (Å²) in [6.07, 6.45) is 0. The first-order valence-corrected chi connectivity index (χ1v) is 6.85. The normalized spacial score (nSPS) is 10.7. The van der Waals surface area contributed by atoms with E-state index in [1.807, 2.05) is 31.3 Å². The molecule has 4 nitrogen and oxygen atoms in total. The van der Waals surface area contributed by atoms with E-state index in [1.165, 1.54) is 12.7 Å². The molecule has 2 aromatic carbocycles. The van der Waals surface area contributed by atoms with Crippen LogP contribution in [0, 0.1) is 0 Å². The third-order valence-electron chi connectivity index (χ3n) is 3.32. The van der Waals surface area contributed by atoms with Crippen molar-refractivity contribution >= 4 is 12.6 Å². The molecule has 0 saturated heterocycles. The Labute approximate surface area is 125 Å². The summed E-state index contributed by atoms with van der Waals surface area (Å²) in [7, 11) is 2.02. The molecule has 0 atom stereocenters. The number of hydrogen-bond acceptors (Lipinski definition) is 4. The second-order valence-corrected chi connectivity index (χ2v) is 5.11. The van der Waals surface area contributed by atoms with Crippen LogP contribution in [0.5, 0.6) is 5.75 Å². The zero-order valence-electron chi connectivity index (χ0n) is 12.4. The molecule has 2 aromatic rings. The van der Waals surface area contributed by atoms with E-state index in [-0.39, 0.29) is 0 Å². The van der Waals surface area contributed by atoms with Gasteiger partial charge in [0.15, 0.2) is 0 Å². The van der Waals surface area contributed by atoms with Crippen LogP contribution in [0.3, 0.4) is 0 Å². The molecular weight excluding hydrogens is 265 g/mol. The van der Waals surface area contributed by atoms with Crippen molar-refractivity contribution in [3.05, 3.63) is 59.7 Å². The maximum atomic E-state index is 9.39. The number of rotatable bonds is 6. The SMILES string of the molecule is COc1ccc(CN(C)Cc2ccccc2)cc1B(O)O. The quantitative estimate of drug-likeness (QED) is 0.778. The summed E-state index contributed by atoms with van der Waals surface area (Å²) in [5, 5.41) is 18.8. The lowest BCUT2D eigenvalue weighted by molar-refractivity contribution is 0.319. The largest absolute Gasteiger partial charge is 0.497 e. The van der Waals surface area contributed by atoms with E-state index in [1.54, 1.807) is 12.1 Å². The number of nitrogens with zero attached hydrogens (tertiary/aromatic N) is 1. The maximum absolute atomic E-state index is 9.39. The van der Waals surface area contributed by atoms with Crippen molar-refractivity contribution in [1.82, 2.24) is 4.90 Å². The maximum Gasteiger partial charge on any atom is 0.492 e. The first-order chi connectivity index (χ1) is 10.1. The predicted molar refractivity (Wildman–Crippen MR) is 84.4 cm³/mol. The molecule has 2 N–H and O–H groups in total. The van der Waals surface area contributed by atoms with E-state index in [9.17, 15) is 10.0 Å². The van der Waals surface area contributed by atoms with Crippen LogP contribution in [-0.4, -0.2) is 36.2 Å². The molecule has 110 valence electrons. The van der Waals surface area contributed by atoms with Crippen LogP contribution in [0.4, 0.5) is 0 Å². The van der Waals surface area contributed by atoms with Crippen molar-refractivity contribution in [1.29, 1.82) is 0 Å². The van der Waals surface area contributed by atoms with Crippen molar-refractivity contribution < 1.29 is 14.8 Å². The molecule has 21 heavy (non-hydrogen) atoms. The standard InChI is InChI=1S/C16H20BNO3/c1-18(11-13-6-4-3-5-7-13)12-14-8-9-16(21-2)15(10-14)17(19)20/h3-10,19-20H,11-12H2,1-2H3. The molecule has 0 unspecified atom stereocenters. The third kappa shape index (κ3) is 4.33. The van der Waals surface area contributed by atoms with Gasteiger partial charge in [0.2, 0.25) is 0 Å². The summed E-state index contributed by atoms with van der Waals surface area (Å²) in [5.74, 6) is 0.486. The fourth-order valence-electron chi connectivity index (χ4n) is 2.35. The van der Waals surface area contributed by atoms with Gasteiger partial charge in [0, 0.05) is 18.6 Å². The van der Waals surface area contributed by atoms with Crippen molar-refractivity contribution in [2.75, 3.05) is 14.2 Å². The van der Waals surface area contributed by atoms with Crippen LogP contribution >= 0.6 is 0 Å². The molecule has 5 heteroatoms. The number of methoxy groups -OCH3 is 1. The highest BCUT2D eigenvalue weighted by Gasteiger charge is 2.17. The topological polar surface area (TPSA) is 52.9 Å². The van der Waals surface area contributed by atoms with Crippen LogP contribution < -0.4 is 10.2 Å². The molecule has 0 heterocycles. The second-order valence-electron chi connectivity index (χ2n) is 5.11. The number of benzene rings is 2. The Bertz CT molecular complexity index is 575. The summed E-state index contributed by atoms with van der Waals surface area (Å²) in [4.78, 5) is 2.17. The zero-order valence-corrected chi connectivity index (χ0v) is 12.4. The van der Waals surface area contributed by atoms with Gasteiger partial charge in [-0.15, -0.1) is 0 Å². The first-order valence-electron chi connectivity index (χ1n) is 6.85. The van der Waals surface area contributed by atoms with Gasteiger partial charge < -0.3 is 14.8 Å². The predicted octanol–water partition coefficient (Wildman–Crippen LogP) is 1.01. The summed E-state index contributed by atoms with van der Waals surface area (Å²) < 4.78 is 5.13. The Hall–Kier alpha value is -1.82. The minimum atomic E-state index is -1.53. The Kier molecular flexibility index (Phi) is 5.39. The van der Waals surface area contributed by atoms with Crippen LogP contribution in [0.15, 0.2) is 48.5 Å². The minimum Gasteiger partial charge on any atom is -0.497 e. The van der Waals surface area contributed by atoms with Gasteiger partial charge in [-0.05, 0) is 24.2 Å². The minimum absolute atomic E-state index is 0.392. The average Bonchev–Trinajstić information content (AvgIpc) is 2.48. The monoisotopic (exact) mass is 285 g/mol. The van der Waals surface area contributed by atoms with Crippen LogP contribution in [0.25, 0.3) is 0 Å². The summed E-state index contributed by atoms with van der Waals surface area (Å²) in [6.45, 7) is 1.56. The van der Waals surface area contributed by atoms with Gasteiger partial charge in [0.25, 0.3) is 0 Å². The van der Waals surface area contributed by atoms with E-state index >= 15 is 0 Å². The molecule has 2 rings (SSSR count). The Morgan fingerprint density at radius 1 is 1.00 bits per heavy atom. The molecule has 0 amide bonds. The molecule has 0 bridgehead atoms. The summed E-state index contributed by atoms with van der Waals surface area (Å²) >= 11 is 0. The van der Waals surface area contributed by atoms with E-state index in [2.05, 4.69) is 17.0 Å². The van der Waals surface area contributed by atoms with Gasteiger partial charge in [0.1, 0.15) is 5.75 Å². The van der Waals surface area contributed by atoms with E-state index in [0.717, 1.165) is 18.7 Å². The highest BCUT2D eigenvalue weighted by atomic mass is 16.5. The van der Waals surface area contributed by atoms with Gasteiger partial charge in [-0.3, -0.25) is 4.90 Å². The molecular formula is C16H20BNO3. The van der Waals surface area contributed by atoms with E-state index in [4.69, 9.17) is 4.74 Å². The van der Waals surface area contributed by atoms with Crippen molar-refractivity contribution in [2.24, 2.45) is 0 Å². The van der Waals surface area contributed by atoms with Gasteiger partial charge >= 0.3 is 7.12 Å². The lowest BCUT2D eigenvalue weighted by Crippen LogP contribution is -2.32. The Morgan fingerprint density at radius 3 is 2.29 bits per heavy atom. The first kappa shape index (κ1) is 15.6. The third-order valence-corrected chi connectivity index (χ3v) is 3.32. The average molecular weight is 285 g/mol. The molecule has 0 aliphatic rings. The van der Waals surface area contributed by atoms with Crippen molar-refractivity contribution in [3.8, 4) is 5.75 Å². The molecule has 0 aromatic heterocycles. The van der Waals surface area contributed by atoms with Crippen LogP contribution in [0.2, 0.25) is 0 Å². The second kappa shape index (κ2) is 7.27. The zero-order chi connectivity index (χ0) is 15.2. The molecule has 0 aliphatic heterocycles. The molecule has 0 radical (unpaired) electrons. The molecule has 0 aliphatic carbocycles. The number of ether oxygens (including phenoxy) is 1. The van der Waals surface area contributed by atoms with Crippen LogP contribution in [-0.2, 0) is 13.1 Å². The van der Waals surface area contributed by atoms with Gasteiger partial charge in [-0.25, -0.2) is 0 Å². The van der Waals surface area contributed by atoms with Crippen molar-refractivity contribution in [3.63, 3.8) is 0 Å². The Balaban J connectivity index is 2.07. The lowest BCUT2D eigenvalue weighted by Gasteiger charge is -2.18. The van der Waals surface area contributed by atoms with E-state index in [0.29, 0.717) is 11.2 Å².